The predicted octanol–water partition coefficient (Wildman–Crippen LogP) is 19.8. The van der Waals surface area contributed by atoms with Crippen molar-refractivity contribution in [2.24, 2.45) is 0 Å². The van der Waals surface area contributed by atoms with Crippen LogP contribution in [0.3, 0.4) is 0 Å². The van der Waals surface area contributed by atoms with Crippen molar-refractivity contribution in [1.29, 1.82) is 0 Å². The molecule has 0 aliphatic heterocycles. The fourth-order valence-corrected chi connectivity index (χ4v) is 10.4. The second-order valence-electron chi connectivity index (χ2n) is 22.9. The van der Waals surface area contributed by atoms with Gasteiger partial charge in [-0.3, -0.25) is 32.5 Å². The average molecular weight is 1340 g/mol. The highest BCUT2D eigenvalue weighted by molar-refractivity contribution is 7.47. The number of phosphoric ester groups is 2. The molecule has 0 bridgehead atoms. The smallest absolute Gasteiger partial charge is 0.463 e. The Morgan fingerprint density at radius 2 is 0.538 bits per heavy atom. The van der Waals surface area contributed by atoms with Gasteiger partial charge in [-0.05, 0) is 135 Å². The fraction of sp³-hybridized carbons (Fsp3) is 0.640. The van der Waals surface area contributed by atoms with Crippen LogP contribution in [0, 0.1) is 0 Å². The number of aliphatic hydroxyl groups is 2. The topological polar surface area (TPSA) is 231 Å². The number of phosphoric acid groups is 2. The summed E-state index contributed by atoms with van der Waals surface area (Å²) in [7, 11) is -9.80. The number of unbranched alkanes of at least 4 members (excludes halogenated alkanes) is 18. The molecule has 93 heavy (non-hydrogen) atoms. The number of esters is 3. The van der Waals surface area contributed by atoms with Crippen molar-refractivity contribution < 1.29 is 75.8 Å². The minimum absolute atomic E-state index is 0.0768. The molecular weight excluding hydrogens is 1220 g/mol. The van der Waals surface area contributed by atoms with E-state index >= 15 is 0 Å². The average Bonchev–Trinajstić information content (AvgIpc) is 3.74. The van der Waals surface area contributed by atoms with Crippen molar-refractivity contribution in [2.45, 2.75) is 270 Å². The maximum Gasteiger partial charge on any atom is 0.472 e. The van der Waals surface area contributed by atoms with Crippen LogP contribution in [-0.2, 0) is 55.8 Å². The van der Waals surface area contributed by atoms with E-state index in [2.05, 4.69) is 167 Å². The third-order valence-corrected chi connectivity index (χ3v) is 15.9. The zero-order chi connectivity index (χ0) is 68.1. The number of aliphatic hydroxyl groups excluding tert-OH is 2. The molecule has 0 fully saturated rings. The van der Waals surface area contributed by atoms with Gasteiger partial charge in [-0.15, -0.1) is 0 Å². The molecule has 18 heteroatoms. The number of rotatable bonds is 65. The molecule has 0 rings (SSSR count). The van der Waals surface area contributed by atoms with Gasteiger partial charge in [0.1, 0.15) is 25.4 Å². The molecule has 5 unspecified atom stereocenters. The molecule has 0 saturated heterocycles. The monoisotopic (exact) mass is 1340 g/mol. The maximum absolute atomic E-state index is 12.9. The fourth-order valence-electron chi connectivity index (χ4n) is 8.78. The molecule has 16 nitrogen and oxygen atoms in total. The van der Waals surface area contributed by atoms with Crippen LogP contribution in [0.2, 0.25) is 0 Å². The Bertz CT molecular complexity index is 2280. The Kier molecular flexibility index (Phi) is 64.1. The van der Waals surface area contributed by atoms with Crippen LogP contribution in [-0.4, -0.2) is 95.9 Å². The summed E-state index contributed by atoms with van der Waals surface area (Å²) < 4.78 is 60.9. The molecular formula is C75H124O16P2. The highest BCUT2D eigenvalue weighted by atomic mass is 31.2. The highest BCUT2D eigenvalue weighted by Crippen LogP contribution is 2.45. The highest BCUT2D eigenvalue weighted by Gasteiger charge is 2.29. The van der Waals surface area contributed by atoms with Gasteiger partial charge >= 0.3 is 33.6 Å². The van der Waals surface area contributed by atoms with Gasteiger partial charge in [0, 0.05) is 19.3 Å². The summed E-state index contributed by atoms with van der Waals surface area (Å²) in [6.07, 6.45) is 80.3. The number of hydrogen-bond acceptors (Lipinski definition) is 14. The van der Waals surface area contributed by atoms with Crippen LogP contribution in [0.15, 0.2) is 146 Å². The standard InChI is InChI=1S/C75H124O16P2/c1-4-7-10-13-16-19-22-25-28-30-32-33-34-35-37-39-41-43-46-49-52-55-58-61-73(78)85-64-70(76)65-87-92(81,82)88-66-71(77)67-89-93(83,84)90-69-72(91-75(80)63-60-57-54-51-48-45-40-27-24-21-18-15-12-9-6-3)68-86-74(79)62-59-56-53-50-47-44-42-38-36-31-29-26-23-20-17-14-11-8-5-2/h7-12,16-21,25-29,32-33,35-38,40,70-72,76-77H,4-6,13-15,22-24,30-31,34,39,41-69H2,1-3H3,(H,81,82)(H,83,84)/b10-7-,11-8-,12-9-,19-16-,20-17-,21-18-,28-25-,29-26-,33-32-,37-35-,38-36-,40-27-. The normalized spacial score (nSPS) is 15.0. The van der Waals surface area contributed by atoms with E-state index in [0.717, 1.165) is 193 Å². The molecule has 530 valence electrons. The second-order valence-corrected chi connectivity index (χ2v) is 25.8. The van der Waals surface area contributed by atoms with Crippen LogP contribution in [0.25, 0.3) is 0 Å². The van der Waals surface area contributed by atoms with Crippen molar-refractivity contribution in [2.75, 3.05) is 39.6 Å². The third kappa shape index (κ3) is 68.6. The Morgan fingerprint density at radius 3 is 0.849 bits per heavy atom. The molecule has 0 spiro atoms. The molecule has 0 aliphatic carbocycles. The van der Waals surface area contributed by atoms with E-state index in [-0.39, 0.29) is 19.3 Å². The minimum atomic E-state index is -4.94. The predicted molar refractivity (Wildman–Crippen MR) is 380 cm³/mol. The molecule has 4 N–H and O–H groups in total. The lowest BCUT2D eigenvalue weighted by atomic mass is 10.1. The summed E-state index contributed by atoms with van der Waals surface area (Å²) in [4.78, 5) is 58.5. The van der Waals surface area contributed by atoms with E-state index in [4.69, 9.17) is 32.3 Å². The van der Waals surface area contributed by atoms with E-state index < -0.39 is 91.5 Å². The van der Waals surface area contributed by atoms with E-state index in [1.54, 1.807) is 0 Å². The lowest BCUT2D eigenvalue weighted by Crippen LogP contribution is -2.30. The lowest BCUT2D eigenvalue weighted by Gasteiger charge is -2.21. The van der Waals surface area contributed by atoms with Crippen LogP contribution in [0.4, 0.5) is 0 Å². The van der Waals surface area contributed by atoms with Gasteiger partial charge in [0.25, 0.3) is 0 Å². The zero-order valence-electron chi connectivity index (χ0n) is 57.4. The molecule has 0 aromatic carbocycles. The lowest BCUT2D eigenvalue weighted by molar-refractivity contribution is -0.161. The van der Waals surface area contributed by atoms with Crippen LogP contribution in [0.5, 0.6) is 0 Å². The van der Waals surface area contributed by atoms with E-state index in [1.807, 2.05) is 0 Å². The first-order chi connectivity index (χ1) is 45.2. The van der Waals surface area contributed by atoms with Gasteiger partial charge in [0.15, 0.2) is 6.10 Å². The Hall–Kier alpha value is -4.57. The Labute approximate surface area is 562 Å². The Morgan fingerprint density at radius 1 is 0.301 bits per heavy atom. The molecule has 5 atom stereocenters. The summed E-state index contributed by atoms with van der Waals surface area (Å²) >= 11 is 0. The van der Waals surface area contributed by atoms with Gasteiger partial charge < -0.3 is 34.2 Å². The van der Waals surface area contributed by atoms with E-state index in [1.165, 1.54) is 0 Å². The second kappa shape index (κ2) is 67.4. The summed E-state index contributed by atoms with van der Waals surface area (Å²) in [5.74, 6) is -1.63. The van der Waals surface area contributed by atoms with Crippen LogP contribution in [0.1, 0.15) is 252 Å². The van der Waals surface area contributed by atoms with Crippen molar-refractivity contribution in [3.8, 4) is 0 Å². The van der Waals surface area contributed by atoms with Crippen molar-refractivity contribution in [1.82, 2.24) is 0 Å². The van der Waals surface area contributed by atoms with Gasteiger partial charge in [-0.25, -0.2) is 9.13 Å². The van der Waals surface area contributed by atoms with Crippen molar-refractivity contribution >= 4 is 33.6 Å². The van der Waals surface area contributed by atoms with Gasteiger partial charge in [0.2, 0.25) is 0 Å². The molecule has 0 heterocycles. The summed E-state index contributed by atoms with van der Waals surface area (Å²) in [5, 5.41) is 20.6. The summed E-state index contributed by atoms with van der Waals surface area (Å²) in [6.45, 7) is 2.26. The molecule has 0 saturated carbocycles. The van der Waals surface area contributed by atoms with Gasteiger partial charge in [-0.1, -0.05) is 244 Å². The first kappa shape index (κ1) is 88.4. The van der Waals surface area contributed by atoms with E-state index in [0.29, 0.717) is 19.3 Å². The summed E-state index contributed by atoms with van der Waals surface area (Å²) in [6, 6.07) is 0. The van der Waals surface area contributed by atoms with E-state index in [9.17, 15) is 43.5 Å². The first-order valence-corrected chi connectivity index (χ1v) is 38.1. The number of ether oxygens (including phenoxy) is 3. The minimum Gasteiger partial charge on any atom is -0.463 e. The molecule has 0 aliphatic rings. The number of allylic oxidation sites excluding steroid dienone is 24. The zero-order valence-corrected chi connectivity index (χ0v) is 59.2. The van der Waals surface area contributed by atoms with Gasteiger partial charge in [-0.2, -0.15) is 0 Å². The first-order valence-electron chi connectivity index (χ1n) is 35.1. The number of carbonyl (C=O) groups is 3. The molecule has 0 aromatic heterocycles. The molecule has 0 amide bonds. The van der Waals surface area contributed by atoms with Crippen molar-refractivity contribution in [3.05, 3.63) is 146 Å². The molecule has 0 aromatic rings. The van der Waals surface area contributed by atoms with Crippen LogP contribution >= 0.6 is 15.6 Å². The molecule has 0 radical (unpaired) electrons. The Balaban J connectivity index is 4.67. The largest absolute Gasteiger partial charge is 0.472 e. The summed E-state index contributed by atoms with van der Waals surface area (Å²) in [5.41, 5.74) is 0. The number of hydrogen-bond donors (Lipinski definition) is 4. The third-order valence-electron chi connectivity index (χ3n) is 14.0. The van der Waals surface area contributed by atoms with Crippen LogP contribution < -0.4 is 0 Å². The number of carbonyl (C=O) groups excluding carboxylic acids is 3. The van der Waals surface area contributed by atoms with Gasteiger partial charge in [0.05, 0.1) is 26.4 Å². The SMILES string of the molecule is CC/C=C\C/C=C\C/C=C\C/C=C\C/C=C\CCCCCCCCCC(=O)OCC(O)COP(=O)(O)OCC(O)COP(=O)(O)OCC(COC(=O)CCCCCCCC/C=C\C/C=C\C/C=C\C/C=C\CC)OC(=O)CCCCCCC/C=C\C/C=C\C/C=C\CC. The van der Waals surface area contributed by atoms with Crippen molar-refractivity contribution in [3.63, 3.8) is 0 Å². The quantitative estimate of drug-likeness (QED) is 0.0146. The maximum atomic E-state index is 12.9.